The number of hydrogen-bond donors (Lipinski definition) is 6. The zero-order chi connectivity index (χ0) is 31.6. The average Bonchev–Trinajstić information content (AvgIpc) is 3.49. The highest BCUT2D eigenvalue weighted by atomic mass is 32.2. The Balaban J connectivity index is 1.54. The monoisotopic (exact) mass is 637 g/mol. The zero-order valence-electron chi connectivity index (χ0n) is 23.4. The summed E-state index contributed by atoms with van der Waals surface area (Å²) < 4.78 is 7.28. The van der Waals surface area contributed by atoms with E-state index in [1.165, 1.54) is 25.6 Å². The van der Waals surface area contributed by atoms with Gasteiger partial charge in [0.05, 0.1) is 18.7 Å². The number of nitrogens with one attached hydrogen (secondary N) is 2. The number of carbonyl (C=O) groups is 4. The minimum absolute atomic E-state index is 0.00861. The Labute approximate surface area is 253 Å². The predicted octanol–water partition coefficient (Wildman–Crippen LogP) is -3.22. The number of carbonyl (C=O) groups excluding carboxylic acids is 3. The second kappa shape index (κ2) is 12.4. The third-order valence-corrected chi connectivity index (χ3v) is 8.50. The van der Waals surface area contributed by atoms with Gasteiger partial charge in [0.25, 0.3) is 11.8 Å². The number of nitrogen functional groups attached to an aromatic ring is 2. The molecule has 9 N–H and O–H groups in total. The number of aliphatic carboxylic acids is 2. The Morgan fingerprint density at radius 3 is 2.67 bits per heavy atom. The fraction of sp³-hybridized carbons (Fsp3) is 0.478. The van der Waals surface area contributed by atoms with Gasteiger partial charge in [-0.15, -0.1) is 21.1 Å². The number of hydrogen-bond acceptors (Lipinski definition) is 15. The molecule has 2 aromatic rings. The SMILES string of the molecule is Cn1c(N)c(NCCCN)c[n+]1CC1=C(C(=O)[O-])N2C(=O)[C@@H](NC(=O)/C(=N/OC(C)(C)C(=O)O)c3nsc(N)n3)[C@H]2SC1. The Morgan fingerprint density at radius 1 is 1.35 bits per heavy atom. The van der Waals surface area contributed by atoms with Crippen LogP contribution >= 0.6 is 23.3 Å². The van der Waals surface area contributed by atoms with Crippen LogP contribution in [0.2, 0.25) is 0 Å². The minimum atomic E-state index is -1.80. The molecule has 2 aromatic heterocycles. The van der Waals surface area contributed by atoms with Crippen molar-refractivity contribution in [2.24, 2.45) is 17.9 Å². The molecule has 4 heterocycles. The highest BCUT2D eigenvalue weighted by Gasteiger charge is 2.53. The first-order chi connectivity index (χ1) is 20.3. The number of nitrogens with two attached hydrogens (primary N) is 3. The lowest BCUT2D eigenvalue weighted by atomic mass is 10.0. The number of thioether (sulfide) groups is 1. The van der Waals surface area contributed by atoms with E-state index in [-0.39, 0.29) is 29.0 Å². The van der Waals surface area contributed by atoms with Gasteiger partial charge in [-0.05, 0) is 26.8 Å². The fourth-order valence-corrected chi connectivity index (χ4v) is 5.91. The number of aromatic nitrogens is 4. The number of nitrogens with zero attached hydrogens (tertiary/aromatic N) is 6. The molecule has 2 atom stereocenters. The van der Waals surface area contributed by atoms with Gasteiger partial charge in [0.2, 0.25) is 23.3 Å². The largest absolute Gasteiger partial charge is 0.543 e. The van der Waals surface area contributed by atoms with Gasteiger partial charge < -0.3 is 47.7 Å². The number of oxime groups is 1. The molecule has 4 rings (SSSR count). The molecule has 0 aliphatic carbocycles. The first kappa shape index (κ1) is 31.5. The van der Waals surface area contributed by atoms with Crippen molar-refractivity contribution < 1.29 is 38.9 Å². The third kappa shape index (κ3) is 6.34. The van der Waals surface area contributed by atoms with Crippen molar-refractivity contribution in [1.82, 2.24) is 24.3 Å². The normalized spacial score (nSPS) is 18.7. The van der Waals surface area contributed by atoms with Crippen LogP contribution in [-0.2, 0) is 37.6 Å². The quantitative estimate of drug-likeness (QED) is 0.0415. The maximum atomic E-state index is 13.2. The molecule has 0 bridgehead atoms. The minimum Gasteiger partial charge on any atom is -0.543 e. The number of carboxylic acids is 2. The van der Waals surface area contributed by atoms with Crippen LogP contribution in [0.1, 0.15) is 26.1 Å². The molecule has 0 unspecified atom stereocenters. The van der Waals surface area contributed by atoms with Crippen LogP contribution < -0.4 is 37.6 Å². The molecule has 0 radical (unpaired) electrons. The lowest BCUT2D eigenvalue weighted by Crippen LogP contribution is -2.71. The summed E-state index contributed by atoms with van der Waals surface area (Å²) >= 11 is 2.01. The van der Waals surface area contributed by atoms with Crippen molar-refractivity contribution in [2.75, 3.05) is 35.6 Å². The fourth-order valence-electron chi connectivity index (χ4n) is 4.14. The van der Waals surface area contributed by atoms with Crippen LogP contribution in [0, 0.1) is 0 Å². The first-order valence-corrected chi connectivity index (χ1v) is 14.7. The van der Waals surface area contributed by atoms with E-state index in [1.807, 2.05) is 0 Å². The van der Waals surface area contributed by atoms with Crippen LogP contribution in [0.5, 0.6) is 0 Å². The summed E-state index contributed by atoms with van der Waals surface area (Å²) in [5.41, 5.74) is 15.8. The molecule has 0 aromatic carbocycles. The van der Waals surface area contributed by atoms with Gasteiger partial charge in [-0.2, -0.15) is 9.36 Å². The van der Waals surface area contributed by atoms with Crippen molar-refractivity contribution in [3.8, 4) is 0 Å². The molecule has 0 spiro atoms. The first-order valence-electron chi connectivity index (χ1n) is 12.8. The molecule has 2 amide bonds. The molecule has 2 aliphatic heterocycles. The topological polar surface area (TPSA) is 273 Å². The van der Waals surface area contributed by atoms with E-state index in [1.54, 1.807) is 22.6 Å². The van der Waals surface area contributed by atoms with Crippen molar-refractivity contribution in [1.29, 1.82) is 0 Å². The Bertz CT molecular complexity index is 1520. The van der Waals surface area contributed by atoms with Crippen molar-refractivity contribution >= 4 is 69.4 Å². The van der Waals surface area contributed by atoms with Crippen molar-refractivity contribution in [2.45, 2.75) is 43.8 Å². The summed E-state index contributed by atoms with van der Waals surface area (Å²) in [5.74, 6) is -4.14. The molecule has 0 saturated carbocycles. The third-order valence-electron chi connectivity index (χ3n) is 6.61. The van der Waals surface area contributed by atoms with Crippen molar-refractivity contribution in [3.63, 3.8) is 0 Å². The van der Waals surface area contributed by atoms with Gasteiger partial charge in [0, 0.05) is 29.4 Å². The van der Waals surface area contributed by atoms with E-state index in [4.69, 9.17) is 22.0 Å². The van der Waals surface area contributed by atoms with Crippen LogP contribution in [0.3, 0.4) is 0 Å². The molecule has 1 saturated heterocycles. The van der Waals surface area contributed by atoms with Gasteiger partial charge in [0.15, 0.2) is 17.5 Å². The summed E-state index contributed by atoms with van der Waals surface area (Å²) in [6, 6.07) is -1.14. The number of β-lactam (4-membered cyclic amide) rings is 1. The van der Waals surface area contributed by atoms with Crippen molar-refractivity contribution in [3.05, 3.63) is 23.3 Å². The van der Waals surface area contributed by atoms with E-state index < -0.39 is 46.5 Å². The summed E-state index contributed by atoms with van der Waals surface area (Å²) in [4.78, 5) is 60.1. The summed E-state index contributed by atoms with van der Waals surface area (Å²) in [7, 11) is 1.72. The number of amides is 2. The molecule has 43 heavy (non-hydrogen) atoms. The summed E-state index contributed by atoms with van der Waals surface area (Å²) in [5, 5.41) is 30.1. The molecular weight excluding hydrogens is 606 g/mol. The standard InChI is InChI=1S/C23H31N11O7S2/c1-23(2,21(39)40)41-30-12(16-29-22(26)43-31-16)17(35)28-13-18(36)34-14(20(37)38)10(9-42-19(13)34)7-33-8-11(15(25)32(33)3)27-6-4-5-24/h8,13,19,25,27H,4-7,9,24H2,1-3H3,(H5,26,28,29,31,35,37,38,39,40)/b30-12+/t13-,19-/m1/s1. The van der Waals surface area contributed by atoms with E-state index in [9.17, 15) is 29.4 Å². The second-order valence-corrected chi connectivity index (χ2v) is 11.9. The Kier molecular flexibility index (Phi) is 9.11. The van der Waals surface area contributed by atoms with E-state index in [2.05, 4.69) is 25.1 Å². The zero-order valence-corrected chi connectivity index (χ0v) is 25.0. The van der Waals surface area contributed by atoms with Gasteiger partial charge in [0.1, 0.15) is 17.1 Å². The van der Waals surface area contributed by atoms with Gasteiger partial charge in [-0.25, -0.2) is 4.79 Å². The van der Waals surface area contributed by atoms with Crippen LogP contribution in [-0.4, -0.2) is 89.4 Å². The number of anilines is 3. The smallest absolute Gasteiger partial charge is 0.350 e. The maximum absolute atomic E-state index is 13.2. The van der Waals surface area contributed by atoms with E-state index in [0.717, 1.165) is 22.9 Å². The summed E-state index contributed by atoms with van der Waals surface area (Å²) in [6.07, 6.45) is 2.47. The molecule has 20 heteroatoms. The van der Waals surface area contributed by atoms with Crippen LogP contribution in [0.4, 0.5) is 16.6 Å². The number of fused-ring (bicyclic) bond motifs is 1. The molecule has 1 fully saturated rings. The van der Waals surface area contributed by atoms with E-state index in [0.29, 0.717) is 30.2 Å². The molecule has 2 aliphatic rings. The molecule has 232 valence electrons. The predicted molar refractivity (Wildman–Crippen MR) is 153 cm³/mol. The maximum Gasteiger partial charge on any atom is 0.350 e. The highest BCUT2D eigenvalue weighted by Crippen LogP contribution is 2.40. The number of rotatable bonds is 13. The Morgan fingerprint density at radius 2 is 2.07 bits per heavy atom. The molecule has 18 nitrogen and oxygen atoms in total. The lowest BCUT2D eigenvalue weighted by Gasteiger charge is -2.50. The highest BCUT2D eigenvalue weighted by molar-refractivity contribution is 8.00. The summed E-state index contributed by atoms with van der Waals surface area (Å²) in [6.45, 7) is 3.65. The van der Waals surface area contributed by atoms with E-state index >= 15 is 0 Å². The molecular formula is C23H31N11O7S2. The van der Waals surface area contributed by atoms with Crippen LogP contribution in [0.25, 0.3) is 0 Å². The number of carboxylic acid groups (broad SMARTS) is 2. The second-order valence-electron chi connectivity index (χ2n) is 10.0. The van der Waals surface area contributed by atoms with Gasteiger partial charge >= 0.3 is 5.97 Å². The van der Waals surface area contributed by atoms with Gasteiger partial charge in [-0.1, -0.05) is 5.16 Å². The average molecular weight is 638 g/mol. The van der Waals surface area contributed by atoms with Crippen LogP contribution in [0.15, 0.2) is 22.6 Å². The van der Waals surface area contributed by atoms with Gasteiger partial charge in [-0.3, -0.25) is 14.5 Å². The lowest BCUT2D eigenvalue weighted by molar-refractivity contribution is -0.765. The Hall–Kier alpha value is -4.43.